The van der Waals surface area contributed by atoms with Crippen LogP contribution >= 0.6 is 0 Å². The third-order valence-corrected chi connectivity index (χ3v) is 3.73. The molecular weight excluding hydrogens is 232 g/mol. The Kier molecular flexibility index (Phi) is 2.80. The van der Waals surface area contributed by atoms with Crippen molar-refractivity contribution in [2.75, 3.05) is 6.61 Å². The van der Waals surface area contributed by atoms with Gasteiger partial charge in [0.1, 0.15) is 30.0 Å². The summed E-state index contributed by atoms with van der Waals surface area (Å²) in [5.41, 5.74) is 1.20. The highest BCUT2D eigenvalue weighted by Crippen LogP contribution is 2.39. The maximum Gasteiger partial charge on any atom is 0.311 e. The van der Waals surface area contributed by atoms with Gasteiger partial charge in [0, 0.05) is 12.8 Å². The molecule has 0 N–H and O–H groups in total. The first-order valence-corrected chi connectivity index (χ1v) is 6.56. The molecule has 4 nitrogen and oxygen atoms in total. The third kappa shape index (κ3) is 2.00. The van der Waals surface area contributed by atoms with Crippen molar-refractivity contribution in [3.8, 4) is 0 Å². The van der Waals surface area contributed by atoms with Crippen LogP contribution in [-0.2, 0) is 19.0 Å². The second-order valence-electron chi connectivity index (χ2n) is 5.41. The molecule has 98 valence electrons. The molecule has 0 bridgehead atoms. The van der Waals surface area contributed by atoms with Crippen molar-refractivity contribution in [2.24, 2.45) is 5.92 Å². The first-order chi connectivity index (χ1) is 8.63. The van der Waals surface area contributed by atoms with E-state index in [0.29, 0.717) is 25.4 Å². The van der Waals surface area contributed by atoms with Crippen LogP contribution in [-0.4, -0.2) is 18.7 Å². The summed E-state index contributed by atoms with van der Waals surface area (Å²) in [6.07, 6.45) is 2.72. The van der Waals surface area contributed by atoms with Crippen molar-refractivity contribution < 1.29 is 19.0 Å². The van der Waals surface area contributed by atoms with Crippen molar-refractivity contribution >= 4 is 5.97 Å². The molecule has 2 aliphatic heterocycles. The van der Waals surface area contributed by atoms with Gasteiger partial charge in [-0.2, -0.15) is 0 Å². The molecule has 2 heterocycles. The fourth-order valence-electron chi connectivity index (χ4n) is 2.50. The SMILES string of the molecule is CC(C)C1COC2=C(CC3=C(C2)OC(=O)CC3)O1. The van der Waals surface area contributed by atoms with E-state index in [2.05, 4.69) is 13.8 Å². The number of rotatable bonds is 1. The van der Waals surface area contributed by atoms with Gasteiger partial charge in [0.15, 0.2) is 0 Å². The summed E-state index contributed by atoms with van der Waals surface area (Å²) in [5.74, 6) is 2.89. The normalized spacial score (nSPS) is 27.3. The van der Waals surface area contributed by atoms with E-state index in [4.69, 9.17) is 14.2 Å². The van der Waals surface area contributed by atoms with Crippen LogP contribution in [0.4, 0.5) is 0 Å². The van der Waals surface area contributed by atoms with Crippen molar-refractivity contribution in [1.82, 2.24) is 0 Å². The number of carbonyl (C=O) groups is 1. The Morgan fingerprint density at radius 3 is 2.72 bits per heavy atom. The van der Waals surface area contributed by atoms with Crippen LogP contribution in [0.15, 0.2) is 22.9 Å². The highest BCUT2D eigenvalue weighted by Gasteiger charge is 2.33. The minimum atomic E-state index is -0.130. The van der Waals surface area contributed by atoms with Gasteiger partial charge in [-0.25, -0.2) is 0 Å². The Bertz CT molecular complexity index is 445. The van der Waals surface area contributed by atoms with Crippen LogP contribution in [0.5, 0.6) is 0 Å². The number of carbonyl (C=O) groups excluding carboxylic acids is 1. The van der Waals surface area contributed by atoms with Crippen molar-refractivity contribution in [3.63, 3.8) is 0 Å². The molecule has 3 aliphatic rings. The van der Waals surface area contributed by atoms with E-state index in [1.165, 1.54) is 5.57 Å². The Morgan fingerprint density at radius 2 is 1.94 bits per heavy atom. The fourth-order valence-corrected chi connectivity index (χ4v) is 2.50. The van der Waals surface area contributed by atoms with Crippen molar-refractivity contribution in [3.05, 3.63) is 22.9 Å². The van der Waals surface area contributed by atoms with E-state index >= 15 is 0 Å². The van der Waals surface area contributed by atoms with Gasteiger partial charge in [0.05, 0.1) is 6.42 Å². The monoisotopic (exact) mass is 250 g/mol. The first-order valence-electron chi connectivity index (χ1n) is 6.56. The largest absolute Gasteiger partial charge is 0.490 e. The third-order valence-electron chi connectivity index (χ3n) is 3.73. The lowest BCUT2D eigenvalue weighted by molar-refractivity contribution is -0.141. The van der Waals surface area contributed by atoms with Crippen LogP contribution in [0.2, 0.25) is 0 Å². The Balaban J connectivity index is 1.76. The van der Waals surface area contributed by atoms with E-state index in [-0.39, 0.29) is 12.1 Å². The molecule has 0 spiro atoms. The van der Waals surface area contributed by atoms with Crippen LogP contribution in [0.25, 0.3) is 0 Å². The first kappa shape index (κ1) is 11.6. The highest BCUT2D eigenvalue weighted by atomic mass is 16.6. The molecule has 1 unspecified atom stereocenters. The van der Waals surface area contributed by atoms with E-state index in [1.54, 1.807) is 0 Å². The Morgan fingerprint density at radius 1 is 1.11 bits per heavy atom. The molecule has 0 aromatic carbocycles. The van der Waals surface area contributed by atoms with Gasteiger partial charge in [0.2, 0.25) is 0 Å². The van der Waals surface area contributed by atoms with E-state index < -0.39 is 0 Å². The molecule has 1 atom stereocenters. The second kappa shape index (κ2) is 4.34. The number of hydrogen-bond acceptors (Lipinski definition) is 4. The summed E-state index contributed by atoms with van der Waals surface area (Å²) >= 11 is 0. The van der Waals surface area contributed by atoms with Crippen LogP contribution < -0.4 is 0 Å². The molecule has 0 aromatic rings. The van der Waals surface area contributed by atoms with E-state index in [0.717, 1.165) is 30.1 Å². The van der Waals surface area contributed by atoms with Gasteiger partial charge in [0.25, 0.3) is 0 Å². The van der Waals surface area contributed by atoms with E-state index in [9.17, 15) is 4.79 Å². The molecular formula is C14H18O4. The van der Waals surface area contributed by atoms with Crippen LogP contribution in [0.3, 0.4) is 0 Å². The summed E-state index contributed by atoms with van der Waals surface area (Å²) in [5, 5.41) is 0. The molecule has 0 fully saturated rings. The maximum absolute atomic E-state index is 11.3. The minimum absolute atomic E-state index is 0.130. The lowest BCUT2D eigenvalue weighted by Gasteiger charge is -2.35. The smallest absolute Gasteiger partial charge is 0.311 e. The topological polar surface area (TPSA) is 44.8 Å². The summed E-state index contributed by atoms with van der Waals surface area (Å²) in [4.78, 5) is 11.3. The Labute approximate surface area is 107 Å². The molecule has 0 amide bonds. The number of ether oxygens (including phenoxy) is 3. The quantitative estimate of drug-likeness (QED) is 0.671. The van der Waals surface area contributed by atoms with Crippen LogP contribution in [0.1, 0.15) is 39.5 Å². The molecule has 0 saturated heterocycles. The molecule has 0 saturated carbocycles. The van der Waals surface area contributed by atoms with Crippen LogP contribution in [0, 0.1) is 5.92 Å². The molecule has 18 heavy (non-hydrogen) atoms. The fraction of sp³-hybridized carbons (Fsp3) is 0.643. The second-order valence-corrected chi connectivity index (χ2v) is 5.41. The van der Waals surface area contributed by atoms with Gasteiger partial charge in [-0.05, 0) is 17.9 Å². The van der Waals surface area contributed by atoms with Crippen molar-refractivity contribution in [2.45, 2.75) is 45.6 Å². The van der Waals surface area contributed by atoms with Gasteiger partial charge in [-0.3, -0.25) is 4.79 Å². The predicted octanol–water partition coefficient (Wildman–Crippen LogP) is 2.65. The Hall–Kier alpha value is -1.45. The predicted molar refractivity (Wildman–Crippen MR) is 64.3 cm³/mol. The standard InChI is InChI=1S/C14H18O4/c1-8(2)13-7-16-11-6-10-9(5-12(11)17-13)3-4-14(15)18-10/h8,13H,3-7H2,1-2H3. The lowest BCUT2D eigenvalue weighted by Crippen LogP contribution is -2.32. The molecule has 1 aliphatic carbocycles. The van der Waals surface area contributed by atoms with Gasteiger partial charge in [-0.15, -0.1) is 0 Å². The summed E-state index contributed by atoms with van der Waals surface area (Å²) in [6.45, 7) is 4.86. The summed E-state index contributed by atoms with van der Waals surface area (Å²) in [7, 11) is 0. The highest BCUT2D eigenvalue weighted by molar-refractivity contribution is 5.72. The average Bonchev–Trinajstić information content (AvgIpc) is 2.35. The molecule has 0 radical (unpaired) electrons. The number of allylic oxidation sites excluding steroid dienone is 1. The minimum Gasteiger partial charge on any atom is -0.490 e. The average molecular weight is 250 g/mol. The lowest BCUT2D eigenvalue weighted by atomic mass is 9.94. The molecule has 0 aromatic heterocycles. The van der Waals surface area contributed by atoms with Gasteiger partial charge >= 0.3 is 5.97 Å². The zero-order chi connectivity index (χ0) is 12.7. The molecule has 3 rings (SSSR count). The number of esters is 1. The van der Waals surface area contributed by atoms with Gasteiger partial charge in [-0.1, -0.05) is 13.8 Å². The summed E-state index contributed by atoms with van der Waals surface area (Å²) in [6, 6.07) is 0. The zero-order valence-electron chi connectivity index (χ0n) is 10.8. The maximum atomic E-state index is 11.3. The molecule has 4 heteroatoms. The zero-order valence-corrected chi connectivity index (χ0v) is 10.8. The van der Waals surface area contributed by atoms with E-state index in [1.807, 2.05) is 0 Å². The van der Waals surface area contributed by atoms with Crippen molar-refractivity contribution in [1.29, 1.82) is 0 Å². The number of hydrogen-bond donors (Lipinski definition) is 0. The van der Waals surface area contributed by atoms with Gasteiger partial charge < -0.3 is 14.2 Å². The summed E-state index contributed by atoms with van der Waals surface area (Å²) < 4.78 is 17.1.